The van der Waals surface area contributed by atoms with Crippen LogP contribution in [0.2, 0.25) is 0 Å². The number of benzene rings is 2. The Morgan fingerprint density at radius 2 is 1.80 bits per heavy atom. The van der Waals surface area contributed by atoms with Crippen LogP contribution in [0.15, 0.2) is 35.7 Å². The van der Waals surface area contributed by atoms with Gasteiger partial charge in [0.15, 0.2) is 29.7 Å². The van der Waals surface area contributed by atoms with E-state index in [2.05, 4.69) is 0 Å². The van der Waals surface area contributed by atoms with Crippen LogP contribution in [0, 0.1) is 11.2 Å². The molecular formula is C30H34BrFN2O6S. The molecule has 0 spiro atoms. The van der Waals surface area contributed by atoms with Crippen molar-refractivity contribution in [2.75, 3.05) is 26.4 Å². The first-order valence-corrected chi connectivity index (χ1v) is 13.9. The fraction of sp³-hybridized carbons (Fsp3) is 0.367. The molecule has 0 saturated heterocycles. The molecule has 2 N–H and O–H groups in total. The number of nitrogens with one attached hydrogen (secondary N) is 1. The first kappa shape index (κ1) is 32.1. The number of carbonyl (C=O) groups excluding carboxylic acids is 1. The number of carboxylic acids is 1. The van der Waals surface area contributed by atoms with Crippen molar-refractivity contribution in [1.29, 1.82) is 5.41 Å². The van der Waals surface area contributed by atoms with E-state index in [9.17, 15) is 14.7 Å². The maximum absolute atomic E-state index is 15.5. The Balaban J connectivity index is 0.00000462. The summed E-state index contributed by atoms with van der Waals surface area (Å²) in [6, 6.07) is 8.86. The van der Waals surface area contributed by atoms with E-state index in [0.29, 0.717) is 34.6 Å². The van der Waals surface area contributed by atoms with Crippen LogP contribution in [0.4, 0.5) is 4.39 Å². The number of hydrogen-bond acceptors (Lipinski definition) is 7. The molecule has 4 rings (SSSR count). The van der Waals surface area contributed by atoms with Crippen LogP contribution in [0.1, 0.15) is 61.7 Å². The number of rotatable bonds is 11. The minimum Gasteiger partial charge on any atom is -0.490 e. The highest BCUT2D eigenvalue weighted by molar-refractivity contribution is 8.93. The zero-order valence-electron chi connectivity index (χ0n) is 23.6. The van der Waals surface area contributed by atoms with Crippen LogP contribution in [-0.2, 0) is 16.8 Å². The van der Waals surface area contributed by atoms with Gasteiger partial charge in [-0.2, -0.15) is 0 Å². The molecule has 0 fully saturated rings. The fourth-order valence-electron chi connectivity index (χ4n) is 4.67. The summed E-state index contributed by atoms with van der Waals surface area (Å²) >= 11 is 1.45. The molecule has 8 nitrogen and oxygen atoms in total. The van der Waals surface area contributed by atoms with Gasteiger partial charge in [-0.1, -0.05) is 26.8 Å². The Bertz CT molecular complexity index is 1450. The number of amidine groups is 1. The fourth-order valence-corrected chi connectivity index (χ4v) is 5.41. The zero-order valence-corrected chi connectivity index (χ0v) is 26.2. The lowest BCUT2D eigenvalue weighted by molar-refractivity contribution is -0.139. The number of aliphatic carboxylic acids is 1. The number of fused-ring (bicyclic) bond motifs is 1. The van der Waals surface area contributed by atoms with Crippen LogP contribution >= 0.6 is 28.3 Å². The third-order valence-electron chi connectivity index (χ3n) is 6.45. The molecule has 3 aromatic rings. The summed E-state index contributed by atoms with van der Waals surface area (Å²) in [5.41, 5.74) is 1.89. The monoisotopic (exact) mass is 648 g/mol. The lowest BCUT2D eigenvalue weighted by Gasteiger charge is -2.26. The smallest absolute Gasteiger partial charge is 0.341 e. The van der Waals surface area contributed by atoms with Gasteiger partial charge in [0.05, 0.1) is 25.3 Å². The molecule has 0 radical (unpaired) electrons. The maximum atomic E-state index is 15.5. The zero-order chi connectivity index (χ0) is 29.2. The van der Waals surface area contributed by atoms with E-state index in [1.54, 1.807) is 32.0 Å². The van der Waals surface area contributed by atoms with Crippen LogP contribution in [0.25, 0.3) is 10.4 Å². The molecule has 2 heterocycles. The first-order chi connectivity index (χ1) is 19.0. The number of thiophene rings is 1. The summed E-state index contributed by atoms with van der Waals surface area (Å²) in [5, 5.41) is 19.8. The number of nitrogens with zero attached hydrogens (tertiary/aromatic N) is 1. The Morgan fingerprint density at radius 3 is 2.39 bits per heavy atom. The average molecular weight is 650 g/mol. The van der Waals surface area contributed by atoms with Crippen LogP contribution in [-0.4, -0.2) is 54.0 Å². The molecule has 0 bridgehead atoms. The van der Waals surface area contributed by atoms with E-state index in [1.807, 2.05) is 38.3 Å². The van der Waals surface area contributed by atoms with Gasteiger partial charge in [0, 0.05) is 28.1 Å². The summed E-state index contributed by atoms with van der Waals surface area (Å²) < 4.78 is 32.3. The first-order valence-electron chi connectivity index (χ1n) is 13.0. The summed E-state index contributed by atoms with van der Waals surface area (Å²) in [6.07, 6.45) is 0. The van der Waals surface area contributed by atoms with Crippen LogP contribution < -0.4 is 14.2 Å². The predicted octanol–water partition coefficient (Wildman–Crippen LogP) is 6.71. The van der Waals surface area contributed by atoms with Gasteiger partial charge in [0.2, 0.25) is 0 Å². The third kappa shape index (κ3) is 6.73. The topological polar surface area (TPSA) is 109 Å². The summed E-state index contributed by atoms with van der Waals surface area (Å²) in [6.45, 7) is 9.49. The van der Waals surface area contributed by atoms with Crippen molar-refractivity contribution < 1.29 is 33.3 Å². The van der Waals surface area contributed by atoms with Crippen LogP contribution in [0.3, 0.4) is 0 Å². The number of Topliss-reactive ketones (excluding diaryl/α,β-unsaturated/α-hetero) is 1. The second-order valence-corrected chi connectivity index (χ2v) is 11.3. The SMILES string of the molecule is Br.CCOc1cc2c(c(F)c1OCC)C(=N)N(CC(=O)c1cc(-c3cccs3)c(OCC(=O)O)c(C(C)(C)C)c1)C2. The molecule has 11 heteroatoms. The predicted molar refractivity (Wildman–Crippen MR) is 162 cm³/mol. The number of hydrogen-bond donors (Lipinski definition) is 2. The van der Waals surface area contributed by atoms with Crippen molar-refractivity contribution >= 4 is 45.9 Å². The summed E-state index contributed by atoms with van der Waals surface area (Å²) in [7, 11) is 0. The lowest BCUT2D eigenvalue weighted by atomic mass is 9.83. The van der Waals surface area contributed by atoms with Gasteiger partial charge in [0.1, 0.15) is 11.6 Å². The molecule has 2 aromatic carbocycles. The minimum absolute atomic E-state index is 0. The molecule has 0 saturated carbocycles. The van der Waals surface area contributed by atoms with Crippen molar-refractivity contribution in [2.45, 2.75) is 46.6 Å². The van der Waals surface area contributed by atoms with Gasteiger partial charge in [-0.25, -0.2) is 9.18 Å². The Kier molecular flexibility index (Phi) is 10.2. The average Bonchev–Trinajstić information content (AvgIpc) is 3.53. The minimum atomic E-state index is -1.10. The van der Waals surface area contributed by atoms with E-state index in [1.165, 1.54) is 16.2 Å². The van der Waals surface area contributed by atoms with E-state index >= 15 is 4.39 Å². The number of carboxylic acid groups (broad SMARTS) is 1. The molecule has 1 aliphatic rings. The molecule has 0 atom stereocenters. The van der Waals surface area contributed by atoms with Crippen LogP contribution in [0.5, 0.6) is 17.2 Å². The number of ether oxygens (including phenoxy) is 3. The highest BCUT2D eigenvalue weighted by Gasteiger charge is 2.34. The Labute approximate surface area is 253 Å². The van der Waals surface area contributed by atoms with Gasteiger partial charge < -0.3 is 24.2 Å². The van der Waals surface area contributed by atoms with Gasteiger partial charge in [0.25, 0.3) is 0 Å². The van der Waals surface area contributed by atoms with Gasteiger partial charge in [-0.3, -0.25) is 10.2 Å². The number of carbonyl (C=O) groups is 2. The molecule has 220 valence electrons. The largest absolute Gasteiger partial charge is 0.490 e. The lowest BCUT2D eigenvalue weighted by Crippen LogP contribution is -2.30. The molecular weight excluding hydrogens is 615 g/mol. The van der Waals surface area contributed by atoms with E-state index in [-0.39, 0.29) is 65.4 Å². The molecule has 0 aliphatic carbocycles. The Hall–Kier alpha value is -3.44. The second kappa shape index (κ2) is 13.0. The van der Waals surface area contributed by atoms with Crippen molar-refractivity contribution in [3.8, 4) is 27.7 Å². The normalized spacial score (nSPS) is 12.5. The second-order valence-electron chi connectivity index (χ2n) is 10.4. The summed E-state index contributed by atoms with van der Waals surface area (Å²) in [4.78, 5) is 27.4. The van der Waals surface area contributed by atoms with E-state index in [4.69, 9.17) is 19.6 Å². The van der Waals surface area contributed by atoms with Crippen molar-refractivity contribution in [3.05, 3.63) is 63.8 Å². The molecule has 1 aromatic heterocycles. The van der Waals surface area contributed by atoms with E-state index in [0.717, 1.165) is 4.88 Å². The Morgan fingerprint density at radius 1 is 1.10 bits per heavy atom. The van der Waals surface area contributed by atoms with Gasteiger partial charge in [-0.15, -0.1) is 28.3 Å². The molecule has 1 aliphatic heterocycles. The highest BCUT2D eigenvalue weighted by atomic mass is 79.9. The molecule has 0 amide bonds. The maximum Gasteiger partial charge on any atom is 0.341 e. The van der Waals surface area contributed by atoms with Crippen molar-refractivity contribution in [3.63, 3.8) is 0 Å². The van der Waals surface area contributed by atoms with E-state index < -0.39 is 23.8 Å². The van der Waals surface area contributed by atoms with Gasteiger partial charge >= 0.3 is 5.97 Å². The molecule has 41 heavy (non-hydrogen) atoms. The quantitative estimate of drug-likeness (QED) is 0.222. The highest BCUT2D eigenvalue weighted by Crippen LogP contribution is 2.43. The van der Waals surface area contributed by atoms with Crippen molar-refractivity contribution in [2.24, 2.45) is 0 Å². The third-order valence-corrected chi connectivity index (χ3v) is 7.35. The number of halogens is 2. The number of ketones is 1. The molecule has 0 unspecified atom stereocenters. The van der Waals surface area contributed by atoms with Crippen molar-refractivity contribution in [1.82, 2.24) is 4.90 Å². The summed E-state index contributed by atoms with van der Waals surface area (Å²) in [5.74, 6) is -1.47. The van der Waals surface area contributed by atoms with Gasteiger partial charge in [-0.05, 0) is 54.5 Å². The standard InChI is InChI=1S/C30H33FN2O6S.BrH/c1-6-37-22-13-18-14-33(29(32)25(18)26(31)28(22)38-7-2)15-21(34)17-11-19(23-9-8-10-40-23)27(39-16-24(35)36)20(12-17)30(3,4)5;/h8-13,32H,6-7,14-16H2,1-5H3,(H,35,36);1H.